The van der Waals surface area contributed by atoms with E-state index in [0.717, 1.165) is 0 Å². The molecular formula is C6H8O3. The zero-order valence-electron chi connectivity index (χ0n) is 5.05. The molecule has 9 heavy (non-hydrogen) atoms. The highest BCUT2D eigenvalue weighted by Gasteiger charge is 2.12. The Kier molecular flexibility index (Phi) is 1.82. The second-order valence-corrected chi connectivity index (χ2v) is 2.01. The first kappa shape index (κ1) is 6.26. The van der Waals surface area contributed by atoms with Crippen molar-refractivity contribution in [1.29, 1.82) is 0 Å². The molecule has 0 unspecified atom stereocenters. The Bertz CT molecular complexity index is 123. The van der Waals surface area contributed by atoms with E-state index < -0.39 is 0 Å². The van der Waals surface area contributed by atoms with Crippen molar-refractivity contribution in [2.45, 2.75) is 19.3 Å². The molecule has 0 N–H and O–H groups in total. The lowest BCUT2D eigenvalue weighted by Gasteiger charge is -1.93. The number of cyclic esters (lactones) is 1. The van der Waals surface area contributed by atoms with E-state index in [-0.39, 0.29) is 24.8 Å². The molecule has 0 aromatic heterocycles. The third-order valence-electron chi connectivity index (χ3n) is 1.25. The fraction of sp³-hybridized carbons (Fsp3) is 0.667. The lowest BCUT2D eigenvalue weighted by Crippen LogP contribution is -2.00. The molecule has 1 rings (SSSR count). The van der Waals surface area contributed by atoms with Crippen molar-refractivity contribution in [3.63, 3.8) is 0 Å². The summed E-state index contributed by atoms with van der Waals surface area (Å²) in [5.74, 6) is -0.123. The molecule has 0 aromatic rings. The maximum atomic E-state index is 10.6. The molecule has 3 heteroatoms. The SMILES string of the molecule is O=C1CCOC(=O)CC1. The summed E-state index contributed by atoms with van der Waals surface area (Å²) in [7, 11) is 0. The molecule has 1 aliphatic heterocycles. The Balaban J connectivity index is 2.43. The normalized spacial score (nSPS) is 20.9. The van der Waals surface area contributed by atoms with Crippen LogP contribution >= 0.6 is 0 Å². The van der Waals surface area contributed by atoms with Crippen molar-refractivity contribution in [3.8, 4) is 0 Å². The molecule has 0 bridgehead atoms. The number of hydrogen-bond donors (Lipinski definition) is 0. The first-order valence-electron chi connectivity index (χ1n) is 2.96. The maximum Gasteiger partial charge on any atom is 0.306 e. The summed E-state index contributed by atoms with van der Waals surface area (Å²) in [5, 5.41) is 0. The van der Waals surface area contributed by atoms with Crippen LogP contribution in [0.2, 0.25) is 0 Å². The minimum Gasteiger partial charge on any atom is -0.465 e. The van der Waals surface area contributed by atoms with Crippen molar-refractivity contribution >= 4 is 11.8 Å². The Morgan fingerprint density at radius 2 is 1.89 bits per heavy atom. The number of Topliss-reactive ketones (excluding diaryl/α,β-unsaturated/α-hetero) is 1. The Labute approximate surface area is 53.0 Å². The van der Waals surface area contributed by atoms with Crippen LogP contribution in [0.3, 0.4) is 0 Å². The van der Waals surface area contributed by atoms with Gasteiger partial charge in [0.15, 0.2) is 0 Å². The van der Waals surface area contributed by atoms with Gasteiger partial charge in [-0.25, -0.2) is 0 Å². The molecule has 1 fully saturated rings. The highest BCUT2D eigenvalue weighted by atomic mass is 16.5. The molecule has 0 atom stereocenters. The average molecular weight is 128 g/mol. The predicted octanol–water partition coefficient (Wildman–Crippen LogP) is 0.283. The largest absolute Gasteiger partial charge is 0.465 e. The van der Waals surface area contributed by atoms with Crippen LogP contribution in [0.25, 0.3) is 0 Å². The van der Waals surface area contributed by atoms with Gasteiger partial charge >= 0.3 is 5.97 Å². The van der Waals surface area contributed by atoms with Crippen molar-refractivity contribution < 1.29 is 14.3 Å². The van der Waals surface area contributed by atoms with Crippen molar-refractivity contribution in [2.24, 2.45) is 0 Å². The number of carbonyl (C=O) groups is 2. The van der Waals surface area contributed by atoms with Gasteiger partial charge in [0.05, 0.1) is 13.0 Å². The lowest BCUT2D eigenvalue weighted by molar-refractivity contribution is -0.142. The van der Waals surface area contributed by atoms with Gasteiger partial charge in [0, 0.05) is 12.8 Å². The molecule has 0 radical (unpaired) electrons. The van der Waals surface area contributed by atoms with Crippen LogP contribution in [-0.4, -0.2) is 18.4 Å². The van der Waals surface area contributed by atoms with E-state index in [9.17, 15) is 9.59 Å². The summed E-state index contributed by atoms with van der Waals surface area (Å²) in [6.45, 7) is 0.275. The van der Waals surface area contributed by atoms with Crippen molar-refractivity contribution in [3.05, 3.63) is 0 Å². The lowest BCUT2D eigenvalue weighted by atomic mass is 10.2. The van der Waals surface area contributed by atoms with Gasteiger partial charge < -0.3 is 4.74 Å². The maximum absolute atomic E-state index is 10.6. The minimum absolute atomic E-state index is 0.126. The van der Waals surface area contributed by atoms with E-state index in [4.69, 9.17) is 0 Å². The van der Waals surface area contributed by atoms with E-state index >= 15 is 0 Å². The standard InChI is InChI=1S/C6H8O3/c7-5-1-2-6(8)9-4-3-5/h1-4H2. The summed E-state index contributed by atoms with van der Waals surface area (Å²) in [6.07, 6.45) is 1.02. The molecule has 1 aliphatic rings. The number of rotatable bonds is 0. The number of ketones is 1. The Morgan fingerprint density at radius 3 is 2.67 bits per heavy atom. The monoisotopic (exact) mass is 128 g/mol. The van der Waals surface area contributed by atoms with Gasteiger partial charge in [-0.05, 0) is 0 Å². The molecule has 3 nitrogen and oxygen atoms in total. The third kappa shape index (κ3) is 1.83. The predicted molar refractivity (Wildman–Crippen MR) is 29.8 cm³/mol. The van der Waals surface area contributed by atoms with Crippen LogP contribution in [0.1, 0.15) is 19.3 Å². The molecule has 1 saturated heterocycles. The topological polar surface area (TPSA) is 43.4 Å². The van der Waals surface area contributed by atoms with Crippen molar-refractivity contribution in [2.75, 3.05) is 6.61 Å². The van der Waals surface area contributed by atoms with Gasteiger partial charge in [0.25, 0.3) is 0 Å². The van der Waals surface area contributed by atoms with Crippen molar-refractivity contribution in [1.82, 2.24) is 0 Å². The van der Waals surface area contributed by atoms with Crippen LogP contribution in [-0.2, 0) is 14.3 Å². The van der Waals surface area contributed by atoms with Gasteiger partial charge in [-0.2, -0.15) is 0 Å². The average Bonchev–Trinajstić information content (AvgIpc) is 1.97. The van der Waals surface area contributed by atoms with Crippen LogP contribution in [0.15, 0.2) is 0 Å². The molecule has 0 aliphatic carbocycles. The summed E-state index contributed by atoms with van der Waals surface area (Å²) < 4.78 is 4.61. The Morgan fingerprint density at radius 1 is 1.11 bits per heavy atom. The molecule has 0 spiro atoms. The van der Waals surface area contributed by atoms with Crippen LogP contribution < -0.4 is 0 Å². The van der Waals surface area contributed by atoms with Gasteiger partial charge in [-0.1, -0.05) is 0 Å². The zero-order valence-corrected chi connectivity index (χ0v) is 5.05. The summed E-state index contributed by atoms with van der Waals surface area (Å²) >= 11 is 0. The van der Waals surface area contributed by atoms with Gasteiger partial charge in [-0.3, -0.25) is 9.59 Å². The quantitative estimate of drug-likeness (QED) is 0.440. The molecule has 0 amide bonds. The van der Waals surface area contributed by atoms with Gasteiger partial charge in [-0.15, -0.1) is 0 Å². The van der Waals surface area contributed by atoms with E-state index in [1.54, 1.807) is 0 Å². The second kappa shape index (κ2) is 2.62. The zero-order chi connectivity index (χ0) is 6.69. The number of ether oxygens (including phenoxy) is 1. The highest BCUT2D eigenvalue weighted by Crippen LogP contribution is 2.03. The van der Waals surface area contributed by atoms with E-state index in [2.05, 4.69) is 4.74 Å². The molecule has 0 saturated carbocycles. The van der Waals surface area contributed by atoms with Gasteiger partial charge in [0.1, 0.15) is 5.78 Å². The smallest absolute Gasteiger partial charge is 0.306 e. The number of carbonyl (C=O) groups excluding carboxylic acids is 2. The van der Waals surface area contributed by atoms with E-state index in [1.165, 1.54) is 0 Å². The first-order chi connectivity index (χ1) is 4.29. The minimum atomic E-state index is -0.249. The Hall–Kier alpha value is -0.860. The molecular weight excluding hydrogens is 120 g/mol. The molecule has 0 aromatic carbocycles. The molecule has 50 valence electrons. The number of hydrogen-bond acceptors (Lipinski definition) is 3. The second-order valence-electron chi connectivity index (χ2n) is 2.01. The van der Waals surface area contributed by atoms with Crippen LogP contribution in [0, 0.1) is 0 Å². The third-order valence-corrected chi connectivity index (χ3v) is 1.25. The summed E-state index contributed by atoms with van der Waals surface area (Å²) in [5.41, 5.74) is 0. The number of esters is 1. The fourth-order valence-corrected chi connectivity index (χ4v) is 0.717. The highest BCUT2D eigenvalue weighted by molar-refractivity contribution is 5.84. The van der Waals surface area contributed by atoms with E-state index in [1.807, 2.05) is 0 Å². The fourth-order valence-electron chi connectivity index (χ4n) is 0.717. The van der Waals surface area contributed by atoms with Crippen LogP contribution in [0.4, 0.5) is 0 Å². The van der Waals surface area contributed by atoms with E-state index in [0.29, 0.717) is 12.8 Å². The summed E-state index contributed by atoms with van der Waals surface area (Å²) in [4.78, 5) is 21.1. The van der Waals surface area contributed by atoms with Crippen LogP contribution in [0.5, 0.6) is 0 Å². The molecule has 1 heterocycles. The first-order valence-corrected chi connectivity index (χ1v) is 2.96. The summed E-state index contributed by atoms with van der Waals surface area (Å²) in [6, 6.07) is 0. The van der Waals surface area contributed by atoms with Gasteiger partial charge in [0.2, 0.25) is 0 Å².